The molecular formula is C16H39N4Ta. The summed E-state index contributed by atoms with van der Waals surface area (Å²) >= 11 is -3.10. The first kappa shape index (κ1) is 21.4. The molecule has 0 atom stereocenters. The molecule has 5 heteroatoms. The SMILES string of the molecule is CCCC[N]=[Ta]([N](CC)CC)([N](CC)CC)[N](CC)CC. The second-order valence-corrected chi connectivity index (χ2v) is 16.1. The predicted molar refractivity (Wildman–Crippen MR) is 91.0 cm³/mol. The van der Waals surface area contributed by atoms with Crippen LogP contribution in [0.4, 0.5) is 0 Å². The minimum absolute atomic E-state index is 1.04. The zero-order valence-electron chi connectivity index (χ0n) is 15.6. The fraction of sp³-hybridized carbons (Fsp3) is 1.00. The van der Waals surface area contributed by atoms with E-state index in [9.17, 15) is 0 Å². The van der Waals surface area contributed by atoms with Gasteiger partial charge in [-0.05, 0) is 0 Å². The summed E-state index contributed by atoms with van der Waals surface area (Å²) in [5, 5.41) is 0. The number of hydrogen-bond acceptors (Lipinski definition) is 1. The fourth-order valence-electron chi connectivity index (χ4n) is 2.98. The molecule has 0 rings (SSSR count). The summed E-state index contributed by atoms with van der Waals surface area (Å²) in [6, 6.07) is 0. The van der Waals surface area contributed by atoms with Crippen molar-refractivity contribution >= 4 is 0 Å². The minimum atomic E-state index is -3.10. The normalized spacial score (nSPS) is 12.7. The maximum absolute atomic E-state index is 5.46. The summed E-state index contributed by atoms with van der Waals surface area (Å²) in [6.45, 7) is 23.9. The molecule has 0 saturated carbocycles. The number of rotatable bonds is 12. The number of unbranched alkanes of at least 4 members (excludes halogenated alkanes) is 1. The molecule has 0 heterocycles. The third-order valence-electron chi connectivity index (χ3n) is 4.13. The van der Waals surface area contributed by atoms with Gasteiger partial charge in [-0.25, -0.2) is 0 Å². The fourth-order valence-corrected chi connectivity index (χ4v) is 18.4. The maximum atomic E-state index is 5.46. The first-order chi connectivity index (χ1) is 10.1. The van der Waals surface area contributed by atoms with Gasteiger partial charge >= 0.3 is 138 Å². The van der Waals surface area contributed by atoms with Crippen molar-refractivity contribution < 1.29 is 17.7 Å². The van der Waals surface area contributed by atoms with E-state index in [1.54, 1.807) is 0 Å². The van der Waals surface area contributed by atoms with Crippen LogP contribution in [0, 0.1) is 0 Å². The Morgan fingerprint density at radius 2 is 0.952 bits per heavy atom. The predicted octanol–water partition coefficient (Wildman–Crippen LogP) is 3.89. The van der Waals surface area contributed by atoms with Gasteiger partial charge in [0.25, 0.3) is 0 Å². The molecule has 0 aromatic heterocycles. The van der Waals surface area contributed by atoms with Gasteiger partial charge in [-0.15, -0.1) is 0 Å². The van der Waals surface area contributed by atoms with E-state index >= 15 is 0 Å². The molecule has 21 heavy (non-hydrogen) atoms. The molecule has 128 valence electrons. The summed E-state index contributed by atoms with van der Waals surface area (Å²) in [6.07, 6.45) is 2.46. The molecule has 0 N–H and O–H groups in total. The zero-order valence-corrected chi connectivity index (χ0v) is 18.8. The summed E-state index contributed by atoms with van der Waals surface area (Å²) in [5.41, 5.74) is 0. The van der Waals surface area contributed by atoms with E-state index < -0.39 is 17.7 Å². The molecule has 0 amide bonds. The van der Waals surface area contributed by atoms with Crippen LogP contribution < -0.4 is 0 Å². The van der Waals surface area contributed by atoms with Crippen molar-refractivity contribution in [3.05, 3.63) is 0 Å². The van der Waals surface area contributed by atoms with E-state index in [1.807, 2.05) is 0 Å². The summed E-state index contributed by atoms with van der Waals surface area (Å²) in [5.74, 6) is 0. The molecule has 0 radical (unpaired) electrons. The van der Waals surface area contributed by atoms with Crippen LogP contribution in [0.15, 0.2) is 3.34 Å². The van der Waals surface area contributed by atoms with Crippen LogP contribution in [0.2, 0.25) is 0 Å². The van der Waals surface area contributed by atoms with Gasteiger partial charge in [-0.3, -0.25) is 0 Å². The Labute approximate surface area is 138 Å². The molecular weight excluding hydrogens is 429 g/mol. The van der Waals surface area contributed by atoms with E-state index in [0.29, 0.717) is 0 Å². The van der Waals surface area contributed by atoms with Gasteiger partial charge in [0.1, 0.15) is 0 Å². The standard InChI is InChI=1S/3C4H10N.C4H9N.Ta/c3*1-3-5-4-2;1-2-3-4-5;/h3*3-4H2,1-2H3;2-4H2,1H3;/q3*-1;;+3. The van der Waals surface area contributed by atoms with Crippen molar-refractivity contribution in [2.24, 2.45) is 3.34 Å². The molecule has 0 aromatic rings. The first-order valence-corrected chi connectivity index (χ1v) is 14.7. The molecule has 0 bridgehead atoms. The van der Waals surface area contributed by atoms with E-state index in [1.165, 1.54) is 12.8 Å². The van der Waals surface area contributed by atoms with E-state index in [4.69, 9.17) is 3.34 Å². The summed E-state index contributed by atoms with van der Waals surface area (Å²) < 4.78 is 13.7. The molecule has 0 aliphatic rings. The van der Waals surface area contributed by atoms with Crippen molar-refractivity contribution in [3.63, 3.8) is 0 Å². The van der Waals surface area contributed by atoms with Crippen molar-refractivity contribution in [1.29, 1.82) is 0 Å². The Bertz CT molecular complexity index is 257. The Balaban J connectivity index is 5.97. The Hall–Kier alpha value is 0.420. The zero-order chi connectivity index (χ0) is 16.3. The van der Waals surface area contributed by atoms with Gasteiger partial charge in [0, 0.05) is 0 Å². The van der Waals surface area contributed by atoms with Crippen LogP contribution in [0.5, 0.6) is 0 Å². The van der Waals surface area contributed by atoms with Gasteiger partial charge in [-0.1, -0.05) is 0 Å². The van der Waals surface area contributed by atoms with Crippen LogP contribution >= 0.6 is 0 Å². The summed E-state index contributed by atoms with van der Waals surface area (Å²) in [7, 11) is 0. The van der Waals surface area contributed by atoms with Gasteiger partial charge in [0.2, 0.25) is 0 Å². The molecule has 0 aliphatic heterocycles. The molecule has 0 aliphatic carbocycles. The van der Waals surface area contributed by atoms with Crippen LogP contribution in [-0.2, 0) is 17.7 Å². The molecule has 0 aromatic carbocycles. The van der Waals surface area contributed by atoms with E-state index in [0.717, 1.165) is 45.8 Å². The van der Waals surface area contributed by atoms with Crippen LogP contribution in [0.1, 0.15) is 61.3 Å². The Morgan fingerprint density at radius 1 is 0.619 bits per heavy atom. The average Bonchev–Trinajstić information content (AvgIpc) is 2.50. The Kier molecular flexibility index (Phi) is 12.2. The molecule has 0 spiro atoms. The topological polar surface area (TPSA) is 22.1 Å². The van der Waals surface area contributed by atoms with Crippen molar-refractivity contribution in [1.82, 2.24) is 9.91 Å². The average molecular weight is 468 g/mol. The number of nitrogens with zero attached hydrogens (tertiary/aromatic N) is 4. The van der Waals surface area contributed by atoms with Gasteiger partial charge in [-0.2, -0.15) is 0 Å². The molecule has 0 unspecified atom stereocenters. The number of hydrogen-bond donors (Lipinski definition) is 0. The quantitative estimate of drug-likeness (QED) is 0.406. The first-order valence-electron chi connectivity index (χ1n) is 8.96. The van der Waals surface area contributed by atoms with Crippen LogP contribution in [-0.4, -0.2) is 55.7 Å². The van der Waals surface area contributed by atoms with Crippen molar-refractivity contribution in [2.75, 3.05) is 45.8 Å². The third-order valence-corrected chi connectivity index (χ3v) is 20.5. The van der Waals surface area contributed by atoms with Gasteiger partial charge < -0.3 is 0 Å². The third kappa shape index (κ3) is 5.22. The van der Waals surface area contributed by atoms with Crippen LogP contribution in [0.3, 0.4) is 0 Å². The summed E-state index contributed by atoms with van der Waals surface area (Å²) in [4.78, 5) is 0. The monoisotopic (exact) mass is 468 g/mol. The van der Waals surface area contributed by atoms with Gasteiger partial charge in [0.15, 0.2) is 0 Å². The van der Waals surface area contributed by atoms with Gasteiger partial charge in [0.05, 0.1) is 0 Å². The molecule has 0 saturated heterocycles. The van der Waals surface area contributed by atoms with Crippen molar-refractivity contribution in [2.45, 2.75) is 61.3 Å². The van der Waals surface area contributed by atoms with Crippen LogP contribution in [0.25, 0.3) is 0 Å². The van der Waals surface area contributed by atoms with Crippen molar-refractivity contribution in [3.8, 4) is 0 Å². The second kappa shape index (κ2) is 11.9. The second-order valence-electron chi connectivity index (χ2n) is 5.17. The Morgan fingerprint density at radius 3 is 1.19 bits per heavy atom. The van der Waals surface area contributed by atoms with E-state index in [2.05, 4.69) is 58.4 Å². The van der Waals surface area contributed by atoms with E-state index in [-0.39, 0.29) is 0 Å². The molecule has 0 fully saturated rings. The molecule has 4 nitrogen and oxygen atoms in total.